The molecule has 1 aromatic heterocycles. The molecule has 2 heterocycles. The second-order valence-electron chi connectivity index (χ2n) is 5.29. The van der Waals surface area contributed by atoms with Gasteiger partial charge in [-0.25, -0.2) is 4.98 Å². The van der Waals surface area contributed by atoms with Crippen LogP contribution < -0.4 is 0 Å². The first-order chi connectivity index (χ1) is 9.58. The van der Waals surface area contributed by atoms with E-state index in [-0.39, 0.29) is 12.0 Å². The van der Waals surface area contributed by atoms with Crippen LogP contribution in [0.4, 0.5) is 0 Å². The molecule has 0 saturated carbocycles. The summed E-state index contributed by atoms with van der Waals surface area (Å²) in [4.78, 5) is 20.8. The summed E-state index contributed by atoms with van der Waals surface area (Å²) in [5, 5.41) is 12.4. The molecular formula is C14H23N3O2S. The maximum absolute atomic E-state index is 12.2. The normalized spacial score (nSPS) is 18.2. The van der Waals surface area contributed by atoms with Gasteiger partial charge in [0.25, 0.3) is 0 Å². The summed E-state index contributed by atoms with van der Waals surface area (Å²) in [6.45, 7) is 7.74. The predicted molar refractivity (Wildman–Crippen MR) is 79.9 cm³/mol. The van der Waals surface area contributed by atoms with E-state index in [2.05, 4.69) is 16.8 Å². The van der Waals surface area contributed by atoms with Gasteiger partial charge < -0.3 is 10.0 Å². The van der Waals surface area contributed by atoms with Crippen molar-refractivity contribution in [1.29, 1.82) is 0 Å². The lowest BCUT2D eigenvalue weighted by Gasteiger charge is -2.35. The number of thiazole rings is 1. The number of nitrogens with zero attached hydrogens (tertiary/aromatic N) is 3. The summed E-state index contributed by atoms with van der Waals surface area (Å²) < 4.78 is 0. The van der Waals surface area contributed by atoms with Gasteiger partial charge in [0.2, 0.25) is 5.91 Å². The van der Waals surface area contributed by atoms with E-state index in [1.54, 1.807) is 18.3 Å². The van der Waals surface area contributed by atoms with Crippen molar-refractivity contribution in [1.82, 2.24) is 14.8 Å². The molecule has 0 spiro atoms. The number of hydrogen-bond donors (Lipinski definition) is 1. The molecule has 0 aromatic carbocycles. The lowest BCUT2D eigenvalue weighted by molar-refractivity contribution is -0.132. The van der Waals surface area contributed by atoms with E-state index in [9.17, 15) is 9.90 Å². The van der Waals surface area contributed by atoms with E-state index in [0.29, 0.717) is 13.0 Å². The van der Waals surface area contributed by atoms with Crippen LogP contribution in [0.25, 0.3) is 0 Å². The zero-order valence-corrected chi connectivity index (χ0v) is 13.0. The van der Waals surface area contributed by atoms with Crippen molar-refractivity contribution in [3.8, 4) is 0 Å². The second kappa shape index (κ2) is 7.15. The van der Waals surface area contributed by atoms with Crippen molar-refractivity contribution in [2.24, 2.45) is 0 Å². The number of aromatic nitrogens is 1. The Hall–Kier alpha value is -0.980. The summed E-state index contributed by atoms with van der Waals surface area (Å²) in [5.74, 6) is 0.162. The minimum atomic E-state index is -0.306. The number of carbonyl (C=O) groups is 1. The molecule has 1 aromatic rings. The number of β-amino-alcohol motifs (C(OH)–C–C–N with tert-alkyl or cyclic N) is 1. The van der Waals surface area contributed by atoms with Gasteiger partial charge in [-0.2, -0.15) is 0 Å². The minimum Gasteiger partial charge on any atom is -0.392 e. The van der Waals surface area contributed by atoms with Crippen LogP contribution in [0, 0.1) is 0 Å². The molecule has 1 aliphatic heterocycles. The number of rotatable bonds is 5. The summed E-state index contributed by atoms with van der Waals surface area (Å²) in [6.07, 6.45) is 1.03. The van der Waals surface area contributed by atoms with Crippen molar-refractivity contribution in [2.75, 3.05) is 32.7 Å². The third-order valence-corrected chi connectivity index (χ3v) is 4.52. The number of piperazine rings is 1. The minimum absolute atomic E-state index is 0.162. The number of aryl methyl sites for hydroxylation is 1. The standard InChI is InChI=1S/C14H23N3O2S/c1-3-13-15-12(10-20-13)8-14(19)17-6-4-16(5-7-17)9-11(2)18/h10-11,18H,3-9H2,1-2H3/t11-/m1/s1. The van der Waals surface area contributed by atoms with Crippen LogP contribution in [0.2, 0.25) is 0 Å². The molecule has 0 radical (unpaired) electrons. The van der Waals surface area contributed by atoms with Crippen LogP contribution in [0.3, 0.4) is 0 Å². The van der Waals surface area contributed by atoms with Crippen molar-refractivity contribution < 1.29 is 9.90 Å². The van der Waals surface area contributed by atoms with Gasteiger partial charge in [0.15, 0.2) is 0 Å². The third kappa shape index (κ3) is 4.26. The first-order valence-electron chi connectivity index (χ1n) is 7.20. The van der Waals surface area contributed by atoms with E-state index in [1.807, 2.05) is 10.3 Å². The Morgan fingerprint density at radius 2 is 2.15 bits per heavy atom. The molecule has 1 saturated heterocycles. The van der Waals surface area contributed by atoms with Crippen molar-refractivity contribution in [2.45, 2.75) is 32.8 Å². The average Bonchev–Trinajstić information content (AvgIpc) is 2.86. The molecule has 112 valence electrons. The van der Waals surface area contributed by atoms with Crippen LogP contribution in [-0.4, -0.2) is 64.6 Å². The highest BCUT2D eigenvalue weighted by Gasteiger charge is 2.22. The topological polar surface area (TPSA) is 56.7 Å². The van der Waals surface area contributed by atoms with Gasteiger partial charge in [-0.05, 0) is 13.3 Å². The van der Waals surface area contributed by atoms with Gasteiger partial charge in [0, 0.05) is 38.1 Å². The molecule has 0 aliphatic carbocycles. The molecule has 6 heteroatoms. The van der Waals surface area contributed by atoms with Gasteiger partial charge in [-0.1, -0.05) is 6.92 Å². The molecular weight excluding hydrogens is 274 g/mol. The first kappa shape index (κ1) is 15.4. The van der Waals surface area contributed by atoms with Crippen LogP contribution in [-0.2, 0) is 17.6 Å². The molecule has 2 rings (SSSR count). The third-order valence-electron chi connectivity index (χ3n) is 3.48. The lowest BCUT2D eigenvalue weighted by atomic mass is 10.2. The Morgan fingerprint density at radius 3 is 2.70 bits per heavy atom. The first-order valence-corrected chi connectivity index (χ1v) is 8.08. The lowest BCUT2D eigenvalue weighted by Crippen LogP contribution is -2.50. The fraction of sp³-hybridized carbons (Fsp3) is 0.714. The quantitative estimate of drug-likeness (QED) is 0.872. The number of amides is 1. The summed E-state index contributed by atoms with van der Waals surface area (Å²) >= 11 is 1.63. The molecule has 0 unspecified atom stereocenters. The zero-order chi connectivity index (χ0) is 14.5. The SMILES string of the molecule is CCc1nc(CC(=O)N2CCN(C[C@@H](C)O)CC2)cs1. The van der Waals surface area contributed by atoms with E-state index in [4.69, 9.17) is 0 Å². The Labute approximate surface area is 124 Å². The van der Waals surface area contributed by atoms with Crippen LogP contribution >= 0.6 is 11.3 Å². The average molecular weight is 297 g/mol. The zero-order valence-electron chi connectivity index (χ0n) is 12.2. The molecule has 1 N–H and O–H groups in total. The maximum atomic E-state index is 12.2. The Balaban J connectivity index is 1.79. The number of carbonyl (C=O) groups excluding carboxylic acids is 1. The highest BCUT2D eigenvalue weighted by molar-refractivity contribution is 7.09. The van der Waals surface area contributed by atoms with E-state index in [1.165, 1.54) is 0 Å². The highest BCUT2D eigenvalue weighted by Crippen LogP contribution is 2.12. The van der Waals surface area contributed by atoms with Crippen LogP contribution in [0.5, 0.6) is 0 Å². The number of hydrogen-bond acceptors (Lipinski definition) is 5. The maximum Gasteiger partial charge on any atom is 0.228 e. The predicted octanol–water partition coefficient (Wildman–Crippen LogP) is 0.773. The van der Waals surface area contributed by atoms with E-state index >= 15 is 0 Å². The van der Waals surface area contributed by atoms with Crippen LogP contribution in [0.1, 0.15) is 24.5 Å². The van der Waals surface area contributed by atoms with Gasteiger partial charge in [-0.15, -0.1) is 11.3 Å². The molecule has 1 atom stereocenters. The number of aliphatic hydroxyl groups excluding tert-OH is 1. The fourth-order valence-corrected chi connectivity index (χ4v) is 3.16. The largest absolute Gasteiger partial charge is 0.392 e. The Kier molecular flexibility index (Phi) is 5.51. The molecule has 5 nitrogen and oxygen atoms in total. The van der Waals surface area contributed by atoms with Crippen molar-refractivity contribution >= 4 is 17.2 Å². The van der Waals surface area contributed by atoms with Gasteiger partial charge in [0.1, 0.15) is 0 Å². The Morgan fingerprint density at radius 1 is 1.45 bits per heavy atom. The van der Waals surface area contributed by atoms with Crippen molar-refractivity contribution in [3.05, 3.63) is 16.1 Å². The molecule has 1 amide bonds. The monoisotopic (exact) mass is 297 g/mol. The second-order valence-corrected chi connectivity index (χ2v) is 6.24. The summed E-state index contributed by atoms with van der Waals surface area (Å²) in [7, 11) is 0. The fourth-order valence-electron chi connectivity index (χ4n) is 2.41. The molecule has 20 heavy (non-hydrogen) atoms. The highest BCUT2D eigenvalue weighted by atomic mass is 32.1. The summed E-state index contributed by atoms with van der Waals surface area (Å²) in [5.41, 5.74) is 0.892. The van der Waals surface area contributed by atoms with Crippen LogP contribution in [0.15, 0.2) is 5.38 Å². The molecule has 1 fully saturated rings. The molecule has 0 bridgehead atoms. The van der Waals surface area contributed by atoms with Gasteiger partial charge in [0.05, 0.1) is 23.2 Å². The smallest absolute Gasteiger partial charge is 0.228 e. The summed E-state index contributed by atoms with van der Waals surface area (Å²) in [6, 6.07) is 0. The van der Waals surface area contributed by atoms with Gasteiger partial charge in [-0.3, -0.25) is 9.69 Å². The van der Waals surface area contributed by atoms with E-state index in [0.717, 1.165) is 43.3 Å². The Bertz CT molecular complexity index is 439. The van der Waals surface area contributed by atoms with Gasteiger partial charge >= 0.3 is 0 Å². The number of aliphatic hydroxyl groups is 1. The van der Waals surface area contributed by atoms with Crippen molar-refractivity contribution in [3.63, 3.8) is 0 Å². The molecule has 1 aliphatic rings. The van der Waals surface area contributed by atoms with E-state index < -0.39 is 0 Å².